The minimum absolute atomic E-state index is 0.0416. The number of likely N-dealkylation sites (N-methyl/N-ethyl adjacent to an activating group) is 1. The molecule has 4 rings (SSSR count). The van der Waals surface area contributed by atoms with Crippen LogP contribution in [0.15, 0.2) is 72.9 Å². The molecule has 1 atom stereocenters. The smallest absolute Gasteiger partial charge is 0.272 e. The largest absolute Gasteiger partial charge is 0.508 e. The van der Waals surface area contributed by atoms with Gasteiger partial charge in [0, 0.05) is 25.8 Å². The van der Waals surface area contributed by atoms with Crippen molar-refractivity contribution in [1.82, 2.24) is 14.8 Å². The van der Waals surface area contributed by atoms with Crippen molar-refractivity contribution in [1.29, 1.82) is 0 Å². The lowest BCUT2D eigenvalue weighted by Crippen LogP contribution is -2.47. The predicted molar refractivity (Wildman–Crippen MR) is 133 cm³/mol. The lowest BCUT2D eigenvalue weighted by atomic mass is 9.84. The molecule has 0 spiro atoms. The van der Waals surface area contributed by atoms with E-state index in [0.717, 1.165) is 50.2 Å². The normalized spacial score (nSPS) is 15.6. The average Bonchev–Trinajstić information content (AvgIpc) is 2.89. The lowest BCUT2D eigenvalue weighted by molar-refractivity contribution is 0.0579. The summed E-state index contributed by atoms with van der Waals surface area (Å²) in [4.78, 5) is 21.9. The Hall–Kier alpha value is -3.38. The number of carbonyl (C=O) groups is 1. The number of amides is 1. The van der Waals surface area contributed by atoms with Gasteiger partial charge in [-0.2, -0.15) is 0 Å². The summed E-state index contributed by atoms with van der Waals surface area (Å²) in [5.41, 5.74) is 2.84. The van der Waals surface area contributed by atoms with E-state index in [1.54, 1.807) is 31.5 Å². The van der Waals surface area contributed by atoms with Crippen molar-refractivity contribution >= 4 is 5.91 Å². The second-order valence-corrected chi connectivity index (χ2v) is 9.03. The number of piperidine rings is 1. The molecule has 0 unspecified atom stereocenters. The van der Waals surface area contributed by atoms with Crippen LogP contribution in [0.25, 0.3) is 0 Å². The van der Waals surface area contributed by atoms with Crippen molar-refractivity contribution < 1.29 is 14.6 Å². The first-order valence-electron chi connectivity index (χ1n) is 11.8. The number of hydrogen-bond donors (Lipinski definition) is 1. The number of likely N-dealkylation sites (tertiary alicyclic amines) is 1. The van der Waals surface area contributed by atoms with Gasteiger partial charge < -0.3 is 14.7 Å². The van der Waals surface area contributed by atoms with Crippen molar-refractivity contribution in [3.63, 3.8) is 0 Å². The van der Waals surface area contributed by atoms with Crippen molar-refractivity contribution in [3.8, 4) is 11.5 Å². The first-order valence-corrected chi connectivity index (χ1v) is 11.8. The molecule has 34 heavy (non-hydrogen) atoms. The minimum atomic E-state index is -0.0416. The maximum absolute atomic E-state index is 13.3. The highest BCUT2D eigenvalue weighted by Gasteiger charge is 2.32. The van der Waals surface area contributed by atoms with E-state index in [9.17, 15) is 9.90 Å². The van der Waals surface area contributed by atoms with Gasteiger partial charge in [-0.1, -0.05) is 30.3 Å². The highest BCUT2D eigenvalue weighted by atomic mass is 16.5. The molecule has 0 aliphatic carbocycles. The highest BCUT2D eigenvalue weighted by Crippen LogP contribution is 2.29. The number of hydrogen-bond acceptors (Lipinski definition) is 5. The van der Waals surface area contributed by atoms with Gasteiger partial charge in [-0.3, -0.25) is 14.7 Å². The zero-order chi connectivity index (χ0) is 23.9. The molecule has 0 radical (unpaired) electrons. The summed E-state index contributed by atoms with van der Waals surface area (Å²) >= 11 is 0. The van der Waals surface area contributed by atoms with Crippen LogP contribution >= 0.6 is 0 Å². The number of aromatic nitrogens is 1. The number of ether oxygens (including phenoxy) is 1. The summed E-state index contributed by atoms with van der Waals surface area (Å²) in [6.45, 7) is 2.83. The topological polar surface area (TPSA) is 65.9 Å². The molecule has 1 aromatic heterocycles. The Kier molecular flexibility index (Phi) is 7.80. The molecule has 1 N–H and O–H groups in total. The van der Waals surface area contributed by atoms with Gasteiger partial charge in [0.1, 0.15) is 17.2 Å². The Labute approximate surface area is 201 Å². The fraction of sp³-hybridized carbons (Fsp3) is 0.357. The molecule has 1 saturated heterocycles. The van der Waals surface area contributed by atoms with Gasteiger partial charge in [-0.05, 0) is 85.8 Å². The third-order valence-electron chi connectivity index (χ3n) is 6.80. The summed E-state index contributed by atoms with van der Waals surface area (Å²) < 4.78 is 5.42. The number of carbonyl (C=O) groups excluding carboxylic acids is 1. The average molecular weight is 460 g/mol. The summed E-state index contributed by atoms with van der Waals surface area (Å²) in [5, 5.41) is 9.53. The fourth-order valence-electron chi connectivity index (χ4n) is 4.84. The highest BCUT2D eigenvalue weighted by molar-refractivity contribution is 5.92. The van der Waals surface area contributed by atoms with E-state index in [2.05, 4.69) is 22.0 Å². The number of nitrogens with zero attached hydrogens (tertiary/aromatic N) is 3. The lowest BCUT2D eigenvalue weighted by Gasteiger charge is -2.40. The van der Waals surface area contributed by atoms with Crippen LogP contribution in [-0.4, -0.2) is 59.1 Å². The number of phenolic OH excluding ortho intramolecular Hbond substituents is 1. The van der Waals surface area contributed by atoms with Crippen molar-refractivity contribution in [3.05, 3.63) is 89.7 Å². The maximum atomic E-state index is 13.3. The zero-order valence-electron chi connectivity index (χ0n) is 19.9. The zero-order valence-corrected chi connectivity index (χ0v) is 19.9. The summed E-state index contributed by atoms with van der Waals surface area (Å²) in [6.07, 6.45) is 4.48. The quantitative estimate of drug-likeness (QED) is 0.541. The summed E-state index contributed by atoms with van der Waals surface area (Å²) in [7, 11) is 3.59. The Morgan fingerprint density at radius 3 is 2.53 bits per heavy atom. The van der Waals surface area contributed by atoms with Crippen LogP contribution in [-0.2, 0) is 13.0 Å². The first-order chi connectivity index (χ1) is 16.5. The van der Waals surface area contributed by atoms with Crippen LogP contribution in [0.5, 0.6) is 11.5 Å². The standard InChI is InChI=1S/C28H33N3O3/c1-30(28(33)26-8-3-4-15-29-26)27(19-22-6-5-7-25(18-22)34-2)23-13-16-31(17-14-23)20-21-9-11-24(32)12-10-21/h3-12,15,18,23,27,32H,13-14,16-17,19-20H2,1-2H3/t27-/m0/s1. The number of methoxy groups -OCH3 is 1. The molecule has 1 aliphatic rings. The number of benzene rings is 2. The van der Waals surface area contributed by atoms with Gasteiger partial charge in [-0.25, -0.2) is 0 Å². The molecule has 1 aliphatic heterocycles. The van der Waals surface area contributed by atoms with E-state index in [4.69, 9.17) is 4.74 Å². The Balaban J connectivity index is 1.48. The van der Waals surface area contributed by atoms with Crippen LogP contribution in [0.3, 0.4) is 0 Å². The van der Waals surface area contributed by atoms with E-state index in [-0.39, 0.29) is 11.9 Å². The second-order valence-electron chi connectivity index (χ2n) is 9.03. The number of rotatable bonds is 8. The molecular weight excluding hydrogens is 426 g/mol. The van der Waals surface area contributed by atoms with Crippen molar-refractivity contribution in [2.75, 3.05) is 27.2 Å². The molecule has 1 amide bonds. The van der Waals surface area contributed by atoms with Crippen LogP contribution in [0.1, 0.15) is 34.5 Å². The Bertz CT molecular complexity index is 1060. The van der Waals surface area contributed by atoms with Gasteiger partial charge in [0.2, 0.25) is 0 Å². The second kappa shape index (κ2) is 11.2. The summed E-state index contributed by atoms with van der Waals surface area (Å²) in [5.74, 6) is 1.47. The van der Waals surface area contributed by atoms with Gasteiger partial charge in [0.25, 0.3) is 5.91 Å². The third-order valence-corrected chi connectivity index (χ3v) is 6.80. The van der Waals surface area contributed by atoms with Gasteiger partial charge in [-0.15, -0.1) is 0 Å². The molecule has 1 fully saturated rings. The van der Waals surface area contributed by atoms with E-state index >= 15 is 0 Å². The minimum Gasteiger partial charge on any atom is -0.508 e. The van der Waals surface area contributed by atoms with Gasteiger partial charge in [0.05, 0.1) is 7.11 Å². The molecule has 6 heteroatoms. The maximum Gasteiger partial charge on any atom is 0.272 e. The van der Waals surface area contributed by atoms with Gasteiger partial charge >= 0.3 is 0 Å². The van der Waals surface area contributed by atoms with Crippen LogP contribution < -0.4 is 4.74 Å². The Morgan fingerprint density at radius 1 is 1.09 bits per heavy atom. The molecular formula is C28H33N3O3. The monoisotopic (exact) mass is 459 g/mol. The van der Waals surface area contributed by atoms with E-state index in [1.807, 2.05) is 48.3 Å². The molecule has 0 saturated carbocycles. The predicted octanol–water partition coefficient (Wildman–Crippen LogP) is 4.39. The molecule has 2 heterocycles. The SMILES string of the molecule is COc1cccc(C[C@@H](C2CCN(Cc3ccc(O)cc3)CC2)N(C)C(=O)c2ccccn2)c1. The fourth-order valence-corrected chi connectivity index (χ4v) is 4.84. The molecule has 178 valence electrons. The third kappa shape index (κ3) is 5.94. The van der Waals surface area contributed by atoms with Crippen molar-refractivity contribution in [2.45, 2.75) is 31.8 Å². The molecule has 6 nitrogen and oxygen atoms in total. The molecule has 2 aromatic carbocycles. The summed E-state index contributed by atoms with van der Waals surface area (Å²) in [6, 6.07) is 21.1. The number of phenols is 1. The Morgan fingerprint density at radius 2 is 1.85 bits per heavy atom. The molecule has 3 aromatic rings. The van der Waals surface area contributed by atoms with E-state index in [0.29, 0.717) is 17.4 Å². The number of aromatic hydroxyl groups is 1. The van der Waals surface area contributed by atoms with Crippen LogP contribution in [0.4, 0.5) is 0 Å². The van der Waals surface area contributed by atoms with E-state index < -0.39 is 0 Å². The first kappa shape index (κ1) is 23.8. The van der Waals surface area contributed by atoms with E-state index in [1.165, 1.54) is 5.56 Å². The van der Waals surface area contributed by atoms with Crippen molar-refractivity contribution in [2.24, 2.45) is 5.92 Å². The molecule has 0 bridgehead atoms. The number of pyridine rings is 1. The van der Waals surface area contributed by atoms with Crippen LogP contribution in [0.2, 0.25) is 0 Å². The van der Waals surface area contributed by atoms with Gasteiger partial charge in [0.15, 0.2) is 0 Å². The van der Waals surface area contributed by atoms with Crippen LogP contribution in [0, 0.1) is 5.92 Å².